The molecule has 6 heteroatoms. The van der Waals surface area contributed by atoms with Crippen molar-refractivity contribution in [3.63, 3.8) is 0 Å². The topological polar surface area (TPSA) is 40.4 Å². The molecular formula is C27H32N5O+. The Morgan fingerprint density at radius 3 is 2.73 bits per heavy atom. The molecule has 1 unspecified atom stereocenters. The third-order valence-electron chi connectivity index (χ3n) is 6.80. The molecule has 0 aromatic heterocycles. The predicted octanol–water partition coefficient (Wildman–Crippen LogP) is 4.97. The fraction of sp³-hybridized carbons (Fsp3) is 0.333. The molecule has 6 nitrogen and oxygen atoms in total. The van der Waals surface area contributed by atoms with Crippen LogP contribution in [0.15, 0.2) is 88.9 Å². The highest BCUT2D eigenvalue weighted by Gasteiger charge is 2.48. The lowest BCUT2D eigenvalue weighted by Gasteiger charge is -2.49. The van der Waals surface area contributed by atoms with Crippen molar-refractivity contribution in [1.29, 1.82) is 0 Å². The van der Waals surface area contributed by atoms with Gasteiger partial charge in [0.25, 0.3) is 0 Å². The number of hydrogen-bond donors (Lipinski definition) is 0. The number of allylic oxidation sites excluding steroid dienone is 1. The van der Waals surface area contributed by atoms with Gasteiger partial charge in [-0.2, -0.15) is 0 Å². The van der Waals surface area contributed by atoms with Crippen molar-refractivity contribution in [2.75, 3.05) is 25.1 Å². The fourth-order valence-corrected chi connectivity index (χ4v) is 4.88. The first-order valence-electron chi connectivity index (χ1n) is 11.8. The molecule has 1 aliphatic carbocycles. The predicted molar refractivity (Wildman–Crippen MR) is 134 cm³/mol. The SMILES string of the molecule is CCN(C)CC1CC(N(c2cccc(OCc3ccccc3)c2)[N+]23C=CN=CC2=CN=C3)C1. The van der Waals surface area contributed by atoms with E-state index in [1.807, 2.05) is 49.2 Å². The van der Waals surface area contributed by atoms with Crippen LogP contribution in [0.4, 0.5) is 5.69 Å². The lowest BCUT2D eigenvalue weighted by atomic mass is 9.79. The Hall–Kier alpha value is -3.22. The molecule has 0 saturated heterocycles. The molecule has 2 heterocycles. The van der Waals surface area contributed by atoms with Crippen LogP contribution in [0.25, 0.3) is 0 Å². The number of hydrogen-bond acceptors (Lipinski definition) is 5. The van der Waals surface area contributed by atoms with Crippen molar-refractivity contribution >= 4 is 18.2 Å². The van der Waals surface area contributed by atoms with Gasteiger partial charge in [-0.05, 0) is 50.0 Å². The highest BCUT2D eigenvalue weighted by atomic mass is 16.5. The van der Waals surface area contributed by atoms with Crippen molar-refractivity contribution in [3.05, 3.63) is 84.5 Å². The minimum Gasteiger partial charge on any atom is -0.489 e. The number of rotatable bonds is 9. The number of benzene rings is 2. The highest BCUT2D eigenvalue weighted by Crippen LogP contribution is 2.42. The zero-order chi connectivity index (χ0) is 22.7. The number of ether oxygens (including phenoxy) is 1. The summed E-state index contributed by atoms with van der Waals surface area (Å²) in [5.41, 5.74) is 3.35. The molecule has 1 atom stereocenters. The van der Waals surface area contributed by atoms with Crippen LogP contribution in [0.3, 0.4) is 0 Å². The van der Waals surface area contributed by atoms with Crippen LogP contribution in [0.2, 0.25) is 0 Å². The number of nitrogens with zero attached hydrogens (tertiary/aromatic N) is 5. The minimum absolute atomic E-state index is 0.411. The lowest BCUT2D eigenvalue weighted by Crippen LogP contribution is -2.63. The second-order valence-corrected chi connectivity index (χ2v) is 9.10. The normalized spacial score (nSPS) is 25.0. The maximum Gasteiger partial charge on any atom is 0.225 e. The van der Waals surface area contributed by atoms with Gasteiger partial charge in [0.15, 0.2) is 6.20 Å². The summed E-state index contributed by atoms with van der Waals surface area (Å²) in [6.07, 6.45) is 12.1. The largest absolute Gasteiger partial charge is 0.489 e. The van der Waals surface area contributed by atoms with Gasteiger partial charge in [-0.1, -0.05) is 43.3 Å². The van der Waals surface area contributed by atoms with Crippen molar-refractivity contribution in [2.45, 2.75) is 32.4 Å². The van der Waals surface area contributed by atoms with E-state index in [1.165, 1.54) is 0 Å². The Kier molecular flexibility index (Phi) is 6.11. The van der Waals surface area contributed by atoms with E-state index in [2.05, 4.69) is 70.4 Å². The lowest BCUT2D eigenvalue weighted by molar-refractivity contribution is -0.747. The first kappa shape index (κ1) is 21.6. The zero-order valence-electron chi connectivity index (χ0n) is 19.4. The van der Waals surface area contributed by atoms with Gasteiger partial charge in [-0.15, -0.1) is 4.59 Å². The van der Waals surface area contributed by atoms with E-state index in [1.54, 1.807) is 0 Å². The molecule has 170 valence electrons. The van der Waals surface area contributed by atoms with Gasteiger partial charge in [0.05, 0.1) is 30.3 Å². The van der Waals surface area contributed by atoms with E-state index in [0.29, 0.717) is 23.2 Å². The van der Waals surface area contributed by atoms with Gasteiger partial charge in [-0.25, -0.2) is 10.0 Å². The smallest absolute Gasteiger partial charge is 0.225 e. The third kappa shape index (κ3) is 4.36. The Labute approximate surface area is 196 Å². The van der Waals surface area contributed by atoms with Gasteiger partial charge < -0.3 is 9.64 Å². The van der Waals surface area contributed by atoms with Crippen LogP contribution < -0.4 is 9.75 Å². The van der Waals surface area contributed by atoms with E-state index in [-0.39, 0.29) is 0 Å². The Morgan fingerprint density at radius 2 is 1.91 bits per heavy atom. The molecule has 0 spiro atoms. The Balaban J connectivity index is 1.41. The van der Waals surface area contributed by atoms with Crippen LogP contribution in [0.1, 0.15) is 25.3 Å². The van der Waals surface area contributed by atoms with Crippen LogP contribution in [0.5, 0.6) is 5.75 Å². The van der Waals surface area contributed by atoms with Crippen molar-refractivity contribution in [1.82, 2.24) is 4.90 Å². The number of aliphatic imine (C=N–C) groups is 2. The highest BCUT2D eigenvalue weighted by molar-refractivity contribution is 5.82. The molecule has 0 amide bonds. The quantitative estimate of drug-likeness (QED) is 0.515. The maximum atomic E-state index is 6.17. The van der Waals surface area contributed by atoms with E-state index < -0.39 is 0 Å². The summed E-state index contributed by atoms with van der Waals surface area (Å²) in [4.78, 5) is 11.3. The molecule has 5 rings (SSSR count). The molecule has 1 fully saturated rings. The molecule has 0 radical (unpaired) electrons. The van der Waals surface area contributed by atoms with Gasteiger partial charge in [0.1, 0.15) is 12.4 Å². The molecule has 2 aromatic carbocycles. The summed E-state index contributed by atoms with van der Waals surface area (Å²) in [5.74, 6) is 1.59. The van der Waals surface area contributed by atoms with Crippen molar-refractivity contribution < 1.29 is 9.33 Å². The van der Waals surface area contributed by atoms with E-state index in [0.717, 1.165) is 48.6 Å². The first-order valence-corrected chi connectivity index (χ1v) is 11.8. The minimum atomic E-state index is 0.411. The van der Waals surface area contributed by atoms with E-state index in [9.17, 15) is 0 Å². The van der Waals surface area contributed by atoms with Crippen molar-refractivity contribution in [3.8, 4) is 5.75 Å². The molecule has 2 aromatic rings. The Bertz CT molecular complexity index is 1090. The second kappa shape index (κ2) is 9.33. The number of anilines is 1. The summed E-state index contributed by atoms with van der Waals surface area (Å²) < 4.78 is 6.62. The molecule has 33 heavy (non-hydrogen) atoms. The van der Waals surface area contributed by atoms with Gasteiger partial charge in [-0.3, -0.25) is 4.99 Å². The summed E-state index contributed by atoms with van der Waals surface area (Å²) in [6, 6.07) is 19.2. The number of fused-ring (bicyclic) bond motifs is 1. The summed E-state index contributed by atoms with van der Waals surface area (Å²) in [5, 5.41) is 2.47. The third-order valence-corrected chi connectivity index (χ3v) is 6.80. The van der Waals surface area contributed by atoms with Crippen LogP contribution in [0, 0.1) is 5.92 Å². The summed E-state index contributed by atoms with van der Waals surface area (Å²) in [6.45, 7) is 5.01. The maximum absolute atomic E-state index is 6.17. The molecule has 0 N–H and O–H groups in total. The van der Waals surface area contributed by atoms with Crippen LogP contribution in [-0.4, -0.2) is 48.2 Å². The van der Waals surface area contributed by atoms with Gasteiger partial charge in [0.2, 0.25) is 12.0 Å². The Morgan fingerprint density at radius 1 is 1.06 bits per heavy atom. The van der Waals surface area contributed by atoms with Crippen LogP contribution in [-0.2, 0) is 6.61 Å². The number of quaternary nitrogens is 1. The summed E-state index contributed by atoms with van der Waals surface area (Å²) >= 11 is 0. The van der Waals surface area contributed by atoms with Gasteiger partial charge >= 0.3 is 0 Å². The molecule has 0 bridgehead atoms. The van der Waals surface area contributed by atoms with Crippen LogP contribution >= 0.6 is 0 Å². The average molecular weight is 443 g/mol. The van der Waals surface area contributed by atoms with Crippen molar-refractivity contribution in [2.24, 2.45) is 15.9 Å². The first-order chi connectivity index (χ1) is 16.2. The molecule has 1 saturated carbocycles. The fourth-order valence-electron chi connectivity index (χ4n) is 4.88. The summed E-state index contributed by atoms with van der Waals surface area (Å²) in [7, 11) is 2.21. The molecule has 3 aliphatic rings. The standard InChI is InChI=1S/C27H32N5O/c1-3-30(2)19-23-14-25(15-23)31(32-13-12-28-17-26(32)18-29-21-32)24-10-7-11-27(16-24)33-20-22-8-5-4-6-9-22/h4-13,16-18,21,23,25H,3,14-15,19-20H2,1-2H3/q+1. The monoisotopic (exact) mass is 442 g/mol. The van der Waals surface area contributed by atoms with E-state index >= 15 is 0 Å². The van der Waals surface area contributed by atoms with E-state index in [4.69, 9.17) is 4.74 Å². The van der Waals surface area contributed by atoms with Gasteiger partial charge in [0, 0.05) is 12.6 Å². The molecule has 2 aliphatic heterocycles. The second-order valence-electron chi connectivity index (χ2n) is 9.10. The average Bonchev–Trinajstić information content (AvgIpc) is 3.27. The zero-order valence-corrected chi connectivity index (χ0v) is 19.4. The molecular weight excluding hydrogens is 410 g/mol.